The number of rotatable bonds is 12. The lowest BCUT2D eigenvalue weighted by Gasteiger charge is -2.27. The van der Waals surface area contributed by atoms with Crippen LogP contribution in [-0.2, 0) is 40.0 Å². The summed E-state index contributed by atoms with van der Waals surface area (Å²) in [6.45, 7) is 3.21. The number of methoxy groups -OCH3 is 2. The van der Waals surface area contributed by atoms with Crippen molar-refractivity contribution in [2.45, 2.75) is 70.6 Å². The third kappa shape index (κ3) is 8.22. The minimum atomic E-state index is -1.13. The van der Waals surface area contributed by atoms with E-state index in [2.05, 4.69) is 15.4 Å². The first kappa shape index (κ1) is 29.7. The maximum Gasteiger partial charge on any atom is 0.328 e. The first-order valence-corrected chi connectivity index (χ1v) is 11.9. The number of ether oxygens (including phenoxy) is 2. The van der Waals surface area contributed by atoms with E-state index in [1.165, 1.54) is 24.1 Å². The average molecular weight is 526 g/mol. The van der Waals surface area contributed by atoms with Crippen molar-refractivity contribution in [2.75, 3.05) is 14.2 Å². The molecule has 12 heteroatoms. The number of esters is 2. The molecular formula is C25H33F2N3O7. The van der Waals surface area contributed by atoms with Crippen LogP contribution in [0, 0.1) is 17.6 Å². The van der Waals surface area contributed by atoms with Gasteiger partial charge in [0.05, 0.1) is 14.2 Å². The number of nitrogens with zero attached hydrogens (tertiary/aromatic N) is 1. The van der Waals surface area contributed by atoms with Crippen LogP contribution in [0.15, 0.2) is 18.2 Å². The number of halogens is 2. The Balaban J connectivity index is 2.05. The van der Waals surface area contributed by atoms with Crippen molar-refractivity contribution in [1.82, 2.24) is 15.5 Å². The zero-order valence-electron chi connectivity index (χ0n) is 21.3. The second-order valence-corrected chi connectivity index (χ2v) is 9.12. The Labute approximate surface area is 214 Å². The van der Waals surface area contributed by atoms with Crippen LogP contribution in [0.2, 0.25) is 0 Å². The molecule has 1 aromatic rings. The van der Waals surface area contributed by atoms with Gasteiger partial charge in [-0.2, -0.15) is 0 Å². The minimum absolute atomic E-state index is 0.000833. The molecule has 1 heterocycles. The second-order valence-electron chi connectivity index (χ2n) is 9.12. The summed E-state index contributed by atoms with van der Waals surface area (Å²) in [5.41, 5.74) is 0.000833. The highest BCUT2D eigenvalue weighted by Gasteiger charge is 2.35. The molecule has 3 atom stereocenters. The fourth-order valence-electron chi connectivity index (χ4n) is 4.08. The first-order valence-electron chi connectivity index (χ1n) is 11.9. The molecule has 0 radical (unpaired) electrons. The number of hydrogen-bond donors (Lipinski definition) is 2. The topological polar surface area (TPSA) is 131 Å². The number of carbonyl (C=O) groups excluding carboxylic acids is 5. The van der Waals surface area contributed by atoms with Gasteiger partial charge in [0.15, 0.2) is 11.6 Å². The third-order valence-corrected chi connectivity index (χ3v) is 6.18. The molecule has 0 bridgehead atoms. The van der Waals surface area contributed by atoms with E-state index >= 15 is 0 Å². The molecule has 204 valence electrons. The normalized spacial score (nSPS) is 16.8. The smallest absolute Gasteiger partial charge is 0.328 e. The van der Waals surface area contributed by atoms with Crippen LogP contribution in [-0.4, -0.2) is 66.9 Å². The molecule has 1 aliphatic heterocycles. The van der Waals surface area contributed by atoms with Crippen molar-refractivity contribution in [1.29, 1.82) is 0 Å². The predicted octanol–water partition coefficient (Wildman–Crippen LogP) is 1.60. The van der Waals surface area contributed by atoms with Gasteiger partial charge in [-0.1, -0.05) is 26.0 Å². The quantitative estimate of drug-likeness (QED) is 0.396. The van der Waals surface area contributed by atoms with Crippen molar-refractivity contribution in [3.8, 4) is 0 Å². The molecule has 2 N–H and O–H groups in total. The summed E-state index contributed by atoms with van der Waals surface area (Å²) < 4.78 is 37.0. The fourth-order valence-corrected chi connectivity index (χ4v) is 4.08. The summed E-state index contributed by atoms with van der Waals surface area (Å²) >= 11 is 0. The summed E-state index contributed by atoms with van der Waals surface area (Å²) in [5.74, 6) is -5.22. The van der Waals surface area contributed by atoms with Crippen molar-refractivity contribution < 1.29 is 42.2 Å². The second kappa shape index (κ2) is 13.7. The molecule has 0 unspecified atom stereocenters. The number of benzene rings is 1. The first-order chi connectivity index (χ1) is 17.5. The SMILES string of the molecule is COC(=O)CC[C@H](NC(=O)[C@@H](NC(=O)C[C@@H]1CCC(=O)N1Cc1cccc(F)c1F)C(C)C)C(=O)OC. The van der Waals surface area contributed by atoms with Crippen molar-refractivity contribution in [3.05, 3.63) is 35.4 Å². The lowest BCUT2D eigenvalue weighted by molar-refractivity contribution is -0.146. The average Bonchev–Trinajstić information content (AvgIpc) is 3.20. The van der Waals surface area contributed by atoms with E-state index in [-0.39, 0.29) is 49.6 Å². The standard InChI is InChI=1S/C25H33F2N3O7/c1-14(2)23(24(34)28-18(25(35)37-4)9-11-21(33)36-3)29-19(31)12-16-8-10-20(32)30(16)13-15-6-5-7-17(26)22(15)27/h5-7,14,16,18,23H,8-13H2,1-4H3,(H,28,34)(H,29,31)/t16-,18-,23-/m0/s1. The van der Waals surface area contributed by atoms with Crippen LogP contribution in [0.3, 0.4) is 0 Å². The van der Waals surface area contributed by atoms with E-state index in [0.717, 1.165) is 13.2 Å². The maximum absolute atomic E-state index is 14.1. The van der Waals surface area contributed by atoms with Gasteiger partial charge in [-0.05, 0) is 24.8 Å². The van der Waals surface area contributed by atoms with Gasteiger partial charge in [0.25, 0.3) is 0 Å². The van der Waals surface area contributed by atoms with Crippen LogP contribution in [0.4, 0.5) is 8.78 Å². The Bertz CT molecular complexity index is 1020. The van der Waals surface area contributed by atoms with E-state index in [0.29, 0.717) is 6.42 Å². The van der Waals surface area contributed by atoms with E-state index < -0.39 is 53.5 Å². The van der Waals surface area contributed by atoms with E-state index in [9.17, 15) is 32.8 Å². The highest BCUT2D eigenvalue weighted by atomic mass is 19.2. The molecule has 37 heavy (non-hydrogen) atoms. The van der Waals surface area contributed by atoms with Gasteiger partial charge in [-0.15, -0.1) is 0 Å². The molecule has 0 aliphatic carbocycles. The molecule has 10 nitrogen and oxygen atoms in total. The lowest BCUT2D eigenvalue weighted by Crippen LogP contribution is -2.54. The summed E-state index contributed by atoms with van der Waals surface area (Å²) in [6, 6.07) is 0.983. The van der Waals surface area contributed by atoms with Gasteiger partial charge in [0, 0.05) is 37.4 Å². The summed E-state index contributed by atoms with van der Waals surface area (Å²) in [7, 11) is 2.34. The van der Waals surface area contributed by atoms with Gasteiger partial charge in [-0.25, -0.2) is 13.6 Å². The Morgan fingerprint density at radius 1 is 1.11 bits per heavy atom. The summed E-state index contributed by atoms with van der Waals surface area (Å²) in [6.07, 6.45) is 0.165. The Morgan fingerprint density at radius 3 is 2.43 bits per heavy atom. The van der Waals surface area contributed by atoms with Crippen LogP contribution in [0.5, 0.6) is 0 Å². The monoisotopic (exact) mass is 525 g/mol. The van der Waals surface area contributed by atoms with Crippen LogP contribution in [0.1, 0.15) is 51.5 Å². The Hall–Kier alpha value is -3.57. The van der Waals surface area contributed by atoms with Gasteiger partial charge < -0.3 is 25.0 Å². The largest absolute Gasteiger partial charge is 0.469 e. The summed E-state index contributed by atoms with van der Waals surface area (Å²) in [4.78, 5) is 63.1. The van der Waals surface area contributed by atoms with E-state index in [4.69, 9.17) is 4.74 Å². The zero-order chi connectivity index (χ0) is 27.7. The lowest BCUT2D eigenvalue weighted by atomic mass is 10.0. The van der Waals surface area contributed by atoms with Gasteiger partial charge in [-0.3, -0.25) is 19.2 Å². The molecule has 1 saturated heterocycles. The highest BCUT2D eigenvalue weighted by Crippen LogP contribution is 2.25. The van der Waals surface area contributed by atoms with Gasteiger partial charge in [0.1, 0.15) is 12.1 Å². The maximum atomic E-state index is 14.1. The molecule has 0 spiro atoms. The summed E-state index contributed by atoms with van der Waals surface area (Å²) in [5, 5.41) is 5.14. The minimum Gasteiger partial charge on any atom is -0.469 e. The molecule has 0 saturated carbocycles. The van der Waals surface area contributed by atoms with Gasteiger partial charge >= 0.3 is 11.9 Å². The zero-order valence-corrected chi connectivity index (χ0v) is 21.3. The number of nitrogens with one attached hydrogen (secondary N) is 2. The number of hydrogen-bond acceptors (Lipinski definition) is 7. The third-order valence-electron chi connectivity index (χ3n) is 6.18. The molecule has 1 aromatic carbocycles. The van der Waals surface area contributed by atoms with Gasteiger partial charge in [0.2, 0.25) is 17.7 Å². The fraction of sp³-hybridized carbons (Fsp3) is 0.560. The van der Waals surface area contributed by atoms with Crippen LogP contribution in [0.25, 0.3) is 0 Å². The van der Waals surface area contributed by atoms with Crippen molar-refractivity contribution in [3.63, 3.8) is 0 Å². The Kier molecular flexibility index (Phi) is 10.9. The van der Waals surface area contributed by atoms with Crippen LogP contribution < -0.4 is 10.6 Å². The molecule has 1 aliphatic rings. The predicted molar refractivity (Wildman–Crippen MR) is 127 cm³/mol. The number of amides is 3. The number of likely N-dealkylation sites (tertiary alicyclic amines) is 1. The van der Waals surface area contributed by atoms with E-state index in [1.807, 2.05) is 0 Å². The highest BCUT2D eigenvalue weighted by molar-refractivity contribution is 5.91. The molecule has 1 fully saturated rings. The van der Waals surface area contributed by atoms with E-state index in [1.54, 1.807) is 13.8 Å². The Morgan fingerprint density at radius 2 is 1.81 bits per heavy atom. The van der Waals surface area contributed by atoms with Crippen molar-refractivity contribution in [2.24, 2.45) is 5.92 Å². The van der Waals surface area contributed by atoms with Crippen LogP contribution >= 0.6 is 0 Å². The molecule has 0 aromatic heterocycles. The molecule has 3 amide bonds. The molecule has 2 rings (SSSR count). The molecular weight excluding hydrogens is 492 g/mol. The van der Waals surface area contributed by atoms with Crippen molar-refractivity contribution >= 4 is 29.7 Å². The number of carbonyl (C=O) groups is 5.